The van der Waals surface area contributed by atoms with Crippen molar-refractivity contribution in [2.75, 3.05) is 13.1 Å². The quantitative estimate of drug-likeness (QED) is 0.836. The second-order valence-electron chi connectivity index (χ2n) is 4.92. The molecule has 1 unspecified atom stereocenters. The number of likely N-dealkylation sites (tertiary alicyclic amines) is 1. The van der Waals surface area contributed by atoms with Gasteiger partial charge in [-0.3, -0.25) is 4.79 Å². The van der Waals surface area contributed by atoms with Crippen LogP contribution in [0.4, 0.5) is 0 Å². The van der Waals surface area contributed by atoms with Crippen molar-refractivity contribution >= 4 is 33.2 Å². The fraction of sp³-hybridized carbons (Fsp3) is 0.357. The molecule has 1 atom stereocenters. The Morgan fingerprint density at radius 2 is 2.33 bits per heavy atom. The highest BCUT2D eigenvalue weighted by Gasteiger charge is 2.29. The molecule has 0 N–H and O–H groups in total. The average molecular weight is 368 g/mol. The van der Waals surface area contributed by atoms with Crippen molar-refractivity contribution in [1.29, 1.82) is 0 Å². The van der Waals surface area contributed by atoms with Crippen molar-refractivity contribution in [1.82, 2.24) is 15.1 Å². The Labute approximate surface area is 135 Å². The van der Waals surface area contributed by atoms with Gasteiger partial charge in [-0.2, -0.15) is 5.10 Å². The number of rotatable bonds is 3. The molecule has 7 heteroatoms. The molecule has 2 aromatic heterocycles. The molecule has 1 amide bonds. The van der Waals surface area contributed by atoms with E-state index >= 15 is 0 Å². The number of ether oxygens (including phenoxy) is 1. The Morgan fingerprint density at radius 3 is 3.00 bits per heavy atom. The first-order chi connectivity index (χ1) is 10.1. The van der Waals surface area contributed by atoms with Crippen LogP contribution in [0.25, 0.3) is 0 Å². The second kappa shape index (κ2) is 6.11. The van der Waals surface area contributed by atoms with Crippen LogP contribution in [-0.4, -0.2) is 40.2 Å². The van der Waals surface area contributed by atoms with E-state index in [2.05, 4.69) is 26.1 Å². The highest BCUT2D eigenvalue weighted by Crippen LogP contribution is 2.24. The Morgan fingerprint density at radius 1 is 1.48 bits per heavy atom. The number of aryl methyl sites for hydroxylation is 1. The Balaban J connectivity index is 1.60. The first-order valence-corrected chi connectivity index (χ1v) is 8.29. The van der Waals surface area contributed by atoms with Crippen molar-refractivity contribution in [2.45, 2.75) is 19.4 Å². The minimum absolute atomic E-state index is 0.0191. The molecule has 110 valence electrons. The summed E-state index contributed by atoms with van der Waals surface area (Å²) in [4.78, 5) is 14.9. The number of aromatic nitrogens is 2. The molecule has 1 aliphatic heterocycles. The van der Waals surface area contributed by atoms with Crippen LogP contribution in [0.1, 0.15) is 21.8 Å². The number of thiophene rings is 1. The lowest BCUT2D eigenvalue weighted by atomic mass is 10.3. The summed E-state index contributed by atoms with van der Waals surface area (Å²) in [6, 6.07) is 5.53. The largest absolute Gasteiger partial charge is 0.471 e. The fourth-order valence-electron chi connectivity index (χ4n) is 2.21. The second-order valence-corrected chi connectivity index (χ2v) is 6.75. The summed E-state index contributed by atoms with van der Waals surface area (Å²) in [5.74, 6) is 0.575. The molecule has 0 spiro atoms. The van der Waals surface area contributed by atoms with Gasteiger partial charge in [0.1, 0.15) is 6.10 Å². The molecule has 0 bridgehead atoms. The van der Waals surface area contributed by atoms with Crippen molar-refractivity contribution in [3.8, 4) is 5.88 Å². The standard InChI is InChI=1S/C14H14BrN3O2S/c1-9-2-3-13(17-16-9)20-11-4-5-18(7-11)14(19)12-6-10(15)8-21-12/h2-3,6,8,11H,4-5,7H2,1H3. The lowest BCUT2D eigenvalue weighted by Crippen LogP contribution is -2.30. The highest BCUT2D eigenvalue weighted by molar-refractivity contribution is 9.10. The van der Waals surface area contributed by atoms with Gasteiger partial charge in [-0.15, -0.1) is 16.4 Å². The summed E-state index contributed by atoms with van der Waals surface area (Å²) in [5.41, 5.74) is 0.855. The van der Waals surface area contributed by atoms with E-state index in [9.17, 15) is 4.79 Å². The van der Waals surface area contributed by atoms with Gasteiger partial charge in [-0.1, -0.05) is 0 Å². The lowest BCUT2D eigenvalue weighted by molar-refractivity contribution is 0.0775. The molecule has 1 fully saturated rings. The van der Waals surface area contributed by atoms with Gasteiger partial charge in [0.2, 0.25) is 5.88 Å². The third-order valence-electron chi connectivity index (χ3n) is 3.27. The topological polar surface area (TPSA) is 55.3 Å². The lowest BCUT2D eigenvalue weighted by Gasteiger charge is -2.16. The van der Waals surface area contributed by atoms with Gasteiger partial charge in [0.05, 0.1) is 17.1 Å². The summed E-state index contributed by atoms with van der Waals surface area (Å²) < 4.78 is 6.72. The molecule has 0 aromatic carbocycles. The van der Waals surface area contributed by atoms with E-state index in [-0.39, 0.29) is 12.0 Å². The van der Waals surface area contributed by atoms with Crippen LogP contribution >= 0.6 is 27.3 Å². The molecule has 1 aliphatic rings. The Kier molecular flexibility index (Phi) is 4.21. The summed E-state index contributed by atoms with van der Waals surface area (Å²) in [6.45, 7) is 3.17. The van der Waals surface area contributed by atoms with E-state index in [0.717, 1.165) is 21.5 Å². The molecule has 21 heavy (non-hydrogen) atoms. The zero-order valence-electron chi connectivity index (χ0n) is 11.5. The predicted octanol–water partition coefficient (Wildman–Crippen LogP) is 2.90. The maximum Gasteiger partial charge on any atom is 0.264 e. The molecular weight excluding hydrogens is 354 g/mol. The Bertz CT molecular complexity index is 644. The third-order valence-corrected chi connectivity index (χ3v) is 4.95. The average Bonchev–Trinajstić information content (AvgIpc) is 3.10. The molecule has 3 heterocycles. The number of amides is 1. The van der Waals surface area contributed by atoms with Gasteiger partial charge in [0, 0.05) is 28.9 Å². The summed E-state index contributed by atoms with van der Waals surface area (Å²) in [7, 11) is 0. The van der Waals surface area contributed by atoms with Crippen LogP contribution < -0.4 is 4.74 Å². The van der Waals surface area contributed by atoms with Gasteiger partial charge < -0.3 is 9.64 Å². The van der Waals surface area contributed by atoms with E-state index in [0.29, 0.717) is 19.0 Å². The van der Waals surface area contributed by atoms with E-state index in [1.807, 2.05) is 35.4 Å². The van der Waals surface area contributed by atoms with Crippen molar-refractivity contribution in [3.05, 3.63) is 38.6 Å². The van der Waals surface area contributed by atoms with Gasteiger partial charge in [0.25, 0.3) is 5.91 Å². The predicted molar refractivity (Wildman–Crippen MR) is 83.7 cm³/mol. The molecule has 5 nitrogen and oxygen atoms in total. The molecule has 0 radical (unpaired) electrons. The number of nitrogens with zero attached hydrogens (tertiary/aromatic N) is 3. The minimum atomic E-state index is -0.0191. The smallest absolute Gasteiger partial charge is 0.264 e. The molecule has 1 saturated heterocycles. The number of carbonyl (C=O) groups excluding carboxylic acids is 1. The van der Waals surface area contributed by atoms with Crippen LogP contribution in [0.3, 0.4) is 0 Å². The number of carbonyl (C=O) groups is 1. The van der Waals surface area contributed by atoms with Crippen LogP contribution in [0.5, 0.6) is 5.88 Å². The van der Waals surface area contributed by atoms with E-state index in [1.165, 1.54) is 11.3 Å². The number of halogens is 1. The van der Waals surface area contributed by atoms with Crippen molar-refractivity contribution in [3.63, 3.8) is 0 Å². The molecule has 2 aromatic rings. The minimum Gasteiger partial charge on any atom is -0.471 e. The SMILES string of the molecule is Cc1ccc(OC2CCN(C(=O)c3cc(Br)cs3)C2)nn1. The molecular formula is C14H14BrN3O2S. The van der Waals surface area contributed by atoms with E-state index < -0.39 is 0 Å². The van der Waals surface area contributed by atoms with E-state index in [4.69, 9.17) is 4.74 Å². The van der Waals surface area contributed by atoms with Gasteiger partial charge in [0.15, 0.2) is 0 Å². The number of hydrogen-bond donors (Lipinski definition) is 0. The van der Waals surface area contributed by atoms with E-state index in [1.54, 1.807) is 0 Å². The van der Waals surface area contributed by atoms with Crippen LogP contribution in [0, 0.1) is 6.92 Å². The zero-order chi connectivity index (χ0) is 14.8. The molecule has 0 saturated carbocycles. The van der Waals surface area contributed by atoms with Crippen LogP contribution in [0.2, 0.25) is 0 Å². The maximum absolute atomic E-state index is 12.3. The Hall–Kier alpha value is -1.47. The van der Waals surface area contributed by atoms with Crippen LogP contribution in [0.15, 0.2) is 28.1 Å². The number of hydrogen-bond acceptors (Lipinski definition) is 5. The highest BCUT2D eigenvalue weighted by atomic mass is 79.9. The van der Waals surface area contributed by atoms with Crippen molar-refractivity contribution < 1.29 is 9.53 Å². The fourth-order valence-corrected chi connectivity index (χ4v) is 3.60. The molecule has 0 aliphatic carbocycles. The van der Waals surface area contributed by atoms with Crippen molar-refractivity contribution in [2.24, 2.45) is 0 Å². The third kappa shape index (κ3) is 3.41. The summed E-state index contributed by atoms with van der Waals surface area (Å²) in [5, 5.41) is 9.88. The van der Waals surface area contributed by atoms with Gasteiger partial charge in [-0.05, 0) is 35.0 Å². The summed E-state index contributed by atoms with van der Waals surface area (Å²) >= 11 is 4.82. The van der Waals surface area contributed by atoms with Crippen LogP contribution in [-0.2, 0) is 0 Å². The van der Waals surface area contributed by atoms with Gasteiger partial charge in [-0.25, -0.2) is 0 Å². The monoisotopic (exact) mass is 367 g/mol. The molecule has 3 rings (SSSR count). The first-order valence-electron chi connectivity index (χ1n) is 6.62. The normalized spacial score (nSPS) is 18.0. The maximum atomic E-state index is 12.3. The first kappa shape index (κ1) is 14.5. The summed E-state index contributed by atoms with van der Waals surface area (Å²) in [6.07, 6.45) is 0.794. The van der Waals surface area contributed by atoms with Gasteiger partial charge >= 0.3 is 0 Å². The zero-order valence-corrected chi connectivity index (χ0v) is 13.9.